The van der Waals surface area contributed by atoms with Gasteiger partial charge in [-0.05, 0) is 20.8 Å². The summed E-state index contributed by atoms with van der Waals surface area (Å²) in [4.78, 5) is 10.8. The average molecular weight is 143 g/mol. The average Bonchev–Trinajstić information content (AvgIpc) is 1.79. The molecule has 3 heteroatoms. The number of nitrogens with one attached hydrogen (secondary N) is 1. The van der Waals surface area contributed by atoms with Crippen LogP contribution in [0.4, 0.5) is 0 Å². The SMILES string of the molecule is CC1NC(C)(C)COC1=O. The van der Waals surface area contributed by atoms with E-state index in [-0.39, 0.29) is 17.6 Å². The van der Waals surface area contributed by atoms with Crippen molar-refractivity contribution in [2.45, 2.75) is 32.4 Å². The predicted molar refractivity (Wildman–Crippen MR) is 37.6 cm³/mol. The molecule has 1 aliphatic rings. The van der Waals surface area contributed by atoms with E-state index in [1.165, 1.54) is 0 Å². The molecule has 1 rings (SSSR count). The summed E-state index contributed by atoms with van der Waals surface area (Å²) < 4.78 is 4.90. The Kier molecular flexibility index (Phi) is 1.68. The summed E-state index contributed by atoms with van der Waals surface area (Å²) in [6, 6.07) is -0.163. The maximum Gasteiger partial charge on any atom is 0.322 e. The Morgan fingerprint density at radius 1 is 1.70 bits per heavy atom. The molecule has 0 aliphatic carbocycles. The van der Waals surface area contributed by atoms with Gasteiger partial charge in [-0.2, -0.15) is 0 Å². The first kappa shape index (κ1) is 7.54. The highest BCUT2D eigenvalue weighted by atomic mass is 16.5. The van der Waals surface area contributed by atoms with Crippen molar-refractivity contribution in [1.29, 1.82) is 0 Å². The third-order valence-corrected chi connectivity index (χ3v) is 1.54. The van der Waals surface area contributed by atoms with E-state index >= 15 is 0 Å². The summed E-state index contributed by atoms with van der Waals surface area (Å²) in [6.07, 6.45) is 0. The topological polar surface area (TPSA) is 38.3 Å². The number of esters is 1. The summed E-state index contributed by atoms with van der Waals surface area (Å²) in [5.41, 5.74) is -0.0622. The van der Waals surface area contributed by atoms with Crippen molar-refractivity contribution in [1.82, 2.24) is 5.32 Å². The van der Waals surface area contributed by atoms with Crippen LogP contribution < -0.4 is 5.32 Å². The van der Waals surface area contributed by atoms with Crippen molar-refractivity contribution in [3.8, 4) is 0 Å². The molecule has 3 nitrogen and oxygen atoms in total. The molecule has 1 heterocycles. The summed E-state index contributed by atoms with van der Waals surface area (Å²) in [5.74, 6) is -0.153. The molecule has 58 valence electrons. The Balaban J connectivity index is 2.57. The highest BCUT2D eigenvalue weighted by molar-refractivity contribution is 5.76. The summed E-state index contributed by atoms with van der Waals surface area (Å²) in [5, 5.41) is 3.13. The number of rotatable bonds is 0. The van der Waals surface area contributed by atoms with Crippen LogP contribution in [0.3, 0.4) is 0 Å². The third-order valence-electron chi connectivity index (χ3n) is 1.54. The van der Waals surface area contributed by atoms with Gasteiger partial charge in [-0.15, -0.1) is 0 Å². The number of morpholine rings is 1. The quantitative estimate of drug-likeness (QED) is 0.496. The Bertz CT molecular complexity index is 154. The summed E-state index contributed by atoms with van der Waals surface area (Å²) in [6.45, 7) is 6.30. The van der Waals surface area contributed by atoms with Crippen LogP contribution in [0.15, 0.2) is 0 Å². The van der Waals surface area contributed by atoms with Gasteiger partial charge >= 0.3 is 5.97 Å². The number of cyclic esters (lactones) is 1. The third kappa shape index (κ3) is 1.48. The van der Waals surface area contributed by atoms with Crippen LogP contribution in [-0.2, 0) is 9.53 Å². The molecule has 0 amide bonds. The van der Waals surface area contributed by atoms with E-state index in [0.29, 0.717) is 6.61 Å². The smallest absolute Gasteiger partial charge is 0.322 e. The minimum absolute atomic E-state index is 0.0622. The fraction of sp³-hybridized carbons (Fsp3) is 0.857. The first-order chi connectivity index (χ1) is 4.51. The molecule has 0 spiro atoms. The van der Waals surface area contributed by atoms with Crippen LogP contribution in [0.2, 0.25) is 0 Å². The van der Waals surface area contributed by atoms with Gasteiger partial charge in [0, 0.05) is 5.54 Å². The molecule has 0 aromatic heterocycles. The Hall–Kier alpha value is -0.570. The van der Waals surface area contributed by atoms with E-state index in [2.05, 4.69) is 5.32 Å². The summed E-state index contributed by atoms with van der Waals surface area (Å²) >= 11 is 0. The molecule has 1 saturated heterocycles. The number of hydrogen-bond acceptors (Lipinski definition) is 3. The van der Waals surface area contributed by atoms with Gasteiger partial charge in [-0.25, -0.2) is 0 Å². The molecule has 0 aromatic rings. The van der Waals surface area contributed by atoms with Gasteiger partial charge in [-0.1, -0.05) is 0 Å². The molecule has 0 radical (unpaired) electrons. The second kappa shape index (κ2) is 2.23. The second-order valence-electron chi connectivity index (χ2n) is 3.36. The van der Waals surface area contributed by atoms with Crippen LogP contribution in [0, 0.1) is 0 Å². The minimum atomic E-state index is -0.163. The van der Waals surface area contributed by atoms with Crippen LogP contribution in [0.1, 0.15) is 20.8 Å². The van der Waals surface area contributed by atoms with E-state index in [0.717, 1.165) is 0 Å². The van der Waals surface area contributed by atoms with Gasteiger partial charge < -0.3 is 4.74 Å². The van der Waals surface area contributed by atoms with Crippen molar-refractivity contribution in [3.63, 3.8) is 0 Å². The highest BCUT2D eigenvalue weighted by Gasteiger charge is 2.31. The molecule has 0 saturated carbocycles. The lowest BCUT2D eigenvalue weighted by Gasteiger charge is -2.33. The minimum Gasteiger partial charge on any atom is -0.463 e. The van der Waals surface area contributed by atoms with Gasteiger partial charge in [0.2, 0.25) is 0 Å². The standard InChI is InChI=1S/C7H13NO2/c1-5-6(9)10-4-7(2,3)8-5/h5,8H,4H2,1-3H3. The van der Waals surface area contributed by atoms with E-state index in [1.807, 2.05) is 20.8 Å². The number of carbonyl (C=O) groups is 1. The van der Waals surface area contributed by atoms with Gasteiger partial charge in [0.15, 0.2) is 0 Å². The monoisotopic (exact) mass is 143 g/mol. The van der Waals surface area contributed by atoms with Crippen molar-refractivity contribution in [2.24, 2.45) is 0 Å². The number of hydrogen-bond donors (Lipinski definition) is 1. The maximum absolute atomic E-state index is 10.8. The Labute approximate surface area is 60.7 Å². The van der Waals surface area contributed by atoms with E-state index < -0.39 is 0 Å². The van der Waals surface area contributed by atoms with E-state index in [4.69, 9.17) is 4.74 Å². The van der Waals surface area contributed by atoms with E-state index in [9.17, 15) is 4.79 Å². The molecule has 10 heavy (non-hydrogen) atoms. The maximum atomic E-state index is 10.8. The lowest BCUT2D eigenvalue weighted by molar-refractivity contribution is -0.153. The van der Waals surface area contributed by atoms with Gasteiger partial charge in [0.1, 0.15) is 12.6 Å². The molecule has 1 unspecified atom stereocenters. The van der Waals surface area contributed by atoms with Gasteiger partial charge in [-0.3, -0.25) is 10.1 Å². The normalized spacial score (nSPS) is 31.5. The molecular formula is C7H13NO2. The van der Waals surface area contributed by atoms with Gasteiger partial charge in [0.05, 0.1) is 0 Å². The first-order valence-electron chi connectivity index (χ1n) is 3.46. The first-order valence-corrected chi connectivity index (χ1v) is 3.46. The van der Waals surface area contributed by atoms with Gasteiger partial charge in [0.25, 0.3) is 0 Å². The molecule has 1 atom stereocenters. The Morgan fingerprint density at radius 3 is 2.70 bits per heavy atom. The molecule has 0 bridgehead atoms. The zero-order chi connectivity index (χ0) is 7.78. The lowest BCUT2D eigenvalue weighted by Crippen LogP contribution is -2.56. The zero-order valence-corrected chi connectivity index (χ0v) is 6.60. The summed E-state index contributed by atoms with van der Waals surface area (Å²) in [7, 11) is 0. The van der Waals surface area contributed by atoms with Crippen molar-refractivity contribution in [2.75, 3.05) is 6.61 Å². The molecule has 1 fully saturated rings. The van der Waals surface area contributed by atoms with Crippen LogP contribution in [-0.4, -0.2) is 24.2 Å². The van der Waals surface area contributed by atoms with Crippen LogP contribution in [0.5, 0.6) is 0 Å². The Morgan fingerprint density at radius 2 is 2.30 bits per heavy atom. The van der Waals surface area contributed by atoms with Crippen LogP contribution >= 0.6 is 0 Å². The number of carbonyl (C=O) groups excluding carboxylic acids is 1. The van der Waals surface area contributed by atoms with E-state index in [1.54, 1.807) is 0 Å². The molecule has 1 aliphatic heterocycles. The molecular weight excluding hydrogens is 130 g/mol. The van der Waals surface area contributed by atoms with Crippen LogP contribution in [0.25, 0.3) is 0 Å². The largest absolute Gasteiger partial charge is 0.463 e. The van der Waals surface area contributed by atoms with Crippen molar-refractivity contribution in [3.05, 3.63) is 0 Å². The number of ether oxygens (including phenoxy) is 1. The predicted octanol–water partition coefficient (Wildman–Crippen LogP) is 0.300. The second-order valence-corrected chi connectivity index (χ2v) is 3.36. The zero-order valence-electron chi connectivity index (χ0n) is 6.60. The van der Waals surface area contributed by atoms with Crippen molar-refractivity contribution < 1.29 is 9.53 Å². The fourth-order valence-corrected chi connectivity index (χ4v) is 1.06. The lowest BCUT2D eigenvalue weighted by atomic mass is 10.0. The van der Waals surface area contributed by atoms with Crippen molar-refractivity contribution >= 4 is 5.97 Å². The molecule has 1 N–H and O–H groups in total. The highest BCUT2D eigenvalue weighted by Crippen LogP contribution is 2.10. The fourth-order valence-electron chi connectivity index (χ4n) is 1.06. The molecule has 0 aromatic carbocycles.